The smallest absolute Gasteiger partial charge is 0.266 e. The number of carbonyl (C=O) groups excluding carboxylic acids is 1. The van der Waals surface area contributed by atoms with Gasteiger partial charge in [0.2, 0.25) is 0 Å². The van der Waals surface area contributed by atoms with Crippen LogP contribution in [0.5, 0.6) is 17.2 Å². The standard InChI is InChI=1S/C25H20BrClN2O4/c1-31-21-9-7-20(8-10-21)29-25(30)18(14-28)11-17-12-22(26)24(23(13-17)32-2)33-15-16-3-5-19(27)6-4-16/h3-13H,15H2,1-2H3,(H,29,30)/b18-11-. The maximum Gasteiger partial charge on any atom is 0.266 e. The molecule has 1 amide bonds. The zero-order chi connectivity index (χ0) is 23.8. The van der Waals surface area contributed by atoms with Gasteiger partial charge in [0.25, 0.3) is 5.91 Å². The molecule has 8 heteroatoms. The highest BCUT2D eigenvalue weighted by atomic mass is 79.9. The largest absolute Gasteiger partial charge is 0.497 e. The first-order chi connectivity index (χ1) is 15.9. The number of amides is 1. The van der Waals surface area contributed by atoms with Gasteiger partial charge in [0, 0.05) is 10.7 Å². The van der Waals surface area contributed by atoms with Crippen molar-refractivity contribution in [1.29, 1.82) is 5.26 Å². The second-order valence-corrected chi connectivity index (χ2v) is 8.09. The minimum atomic E-state index is -0.527. The lowest BCUT2D eigenvalue weighted by molar-refractivity contribution is -0.112. The predicted octanol–water partition coefficient (Wildman–Crippen LogP) is 6.24. The Morgan fingerprint density at radius 2 is 1.79 bits per heavy atom. The minimum Gasteiger partial charge on any atom is -0.497 e. The monoisotopic (exact) mass is 526 g/mol. The van der Waals surface area contributed by atoms with Gasteiger partial charge in [0.15, 0.2) is 11.5 Å². The third-order valence-electron chi connectivity index (χ3n) is 4.57. The number of hydrogen-bond acceptors (Lipinski definition) is 5. The summed E-state index contributed by atoms with van der Waals surface area (Å²) in [6, 6.07) is 19.5. The highest BCUT2D eigenvalue weighted by molar-refractivity contribution is 9.10. The number of hydrogen-bond donors (Lipinski definition) is 1. The summed E-state index contributed by atoms with van der Waals surface area (Å²) >= 11 is 9.41. The fourth-order valence-electron chi connectivity index (χ4n) is 2.89. The number of halogens is 2. The number of rotatable bonds is 8. The molecule has 1 N–H and O–H groups in total. The summed E-state index contributed by atoms with van der Waals surface area (Å²) in [5.41, 5.74) is 2.03. The van der Waals surface area contributed by atoms with Crippen molar-refractivity contribution in [3.63, 3.8) is 0 Å². The topological polar surface area (TPSA) is 80.6 Å². The van der Waals surface area contributed by atoms with Crippen molar-refractivity contribution in [2.45, 2.75) is 6.61 Å². The van der Waals surface area contributed by atoms with Crippen molar-refractivity contribution < 1.29 is 19.0 Å². The van der Waals surface area contributed by atoms with Crippen molar-refractivity contribution >= 4 is 45.2 Å². The van der Waals surface area contributed by atoms with Crippen LogP contribution in [-0.4, -0.2) is 20.1 Å². The SMILES string of the molecule is COc1ccc(NC(=O)/C(C#N)=C\c2cc(Br)c(OCc3ccc(Cl)cc3)c(OC)c2)cc1. The Labute approximate surface area is 205 Å². The van der Waals surface area contributed by atoms with Crippen LogP contribution < -0.4 is 19.5 Å². The summed E-state index contributed by atoms with van der Waals surface area (Å²) in [5, 5.41) is 12.9. The van der Waals surface area contributed by atoms with Gasteiger partial charge in [-0.15, -0.1) is 0 Å². The number of anilines is 1. The minimum absolute atomic E-state index is 0.0606. The van der Waals surface area contributed by atoms with Crippen LogP contribution in [0, 0.1) is 11.3 Å². The average Bonchev–Trinajstić information content (AvgIpc) is 2.83. The normalized spacial score (nSPS) is 10.8. The molecule has 0 aliphatic carbocycles. The van der Waals surface area contributed by atoms with E-state index in [9.17, 15) is 10.1 Å². The fourth-order valence-corrected chi connectivity index (χ4v) is 3.59. The van der Waals surface area contributed by atoms with Gasteiger partial charge in [-0.25, -0.2) is 0 Å². The van der Waals surface area contributed by atoms with Crippen LogP contribution in [0.25, 0.3) is 6.08 Å². The second-order valence-electron chi connectivity index (χ2n) is 6.80. The van der Waals surface area contributed by atoms with Gasteiger partial charge in [0.1, 0.15) is 24.0 Å². The summed E-state index contributed by atoms with van der Waals surface area (Å²) in [7, 11) is 3.08. The number of nitriles is 1. The molecule has 0 heterocycles. The van der Waals surface area contributed by atoms with Gasteiger partial charge in [-0.2, -0.15) is 5.26 Å². The second kappa shape index (κ2) is 11.4. The van der Waals surface area contributed by atoms with E-state index >= 15 is 0 Å². The molecule has 0 bridgehead atoms. The first-order valence-corrected chi connectivity index (χ1v) is 10.9. The van der Waals surface area contributed by atoms with Gasteiger partial charge in [-0.3, -0.25) is 4.79 Å². The van der Waals surface area contributed by atoms with E-state index in [0.717, 1.165) is 5.56 Å². The van der Waals surface area contributed by atoms with Crippen LogP contribution in [0.3, 0.4) is 0 Å². The molecule has 0 atom stereocenters. The van der Waals surface area contributed by atoms with Crippen molar-refractivity contribution in [2.24, 2.45) is 0 Å². The molecule has 168 valence electrons. The van der Waals surface area contributed by atoms with E-state index < -0.39 is 5.91 Å². The lowest BCUT2D eigenvalue weighted by Gasteiger charge is -2.14. The van der Waals surface area contributed by atoms with Crippen molar-refractivity contribution in [3.8, 4) is 23.3 Å². The average molecular weight is 528 g/mol. The molecule has 3 aromatic carbocycles. The Morgan fingerprint density at radius 1 is 1.09 bits per heavy atom. The fraction of sp³-hybridized carbons (Fsp3) is 0.120. The Hall–Kier alpha value is -3.47. The van der Waals surface area contributed by atoms with Crippen molar-refractivity contribution in [1.82, 2.24) is 0 Å². The number of ether oxygens (including phenoxy) is 3. The Kier molecular flexibility index (Phi) is 8.36. The molecule has 3 aromatic rings. The summed E-state index contributed by atoms with van der Waals surface area (Å²) in [5.74, 6) is 1.10. The zero-order valence-electron chi connectivity index (χ0n) is 17.9. The molecule has 0 fully saturated rings. The summed E-state index contributed by atoms with van der Waals surface area (Å²) < 4.78 is 17.1. The van der Waals surface area contributed by atoms with Crippen LogP contribution >= 0.6 is 27.5 Å². The number of benzene rings is 3. The summed E-state index contributed by atoms with van der Waals surface area (Å²) in [6.07, 6.45) is 1.48. The van der Waals surface area contributed by atoms with Crippen LogP contribution in [-0.2, 0) is 11.4 Å². The first-order valence-electron chi connectivity index (χ1n) is 9.75. The Morgan fingerprint density at radius 3 is 2.39 bits per heavy atom. The highest BCUT2D eigenvalue weighted by Gasteiger charge is 2.14. The molecule has 0 aliphatic rings. The molecule has 33 heavy (non-hydrogen) atoms. The predicted molar refractivity (Wildman–Crippen MR) is 132 cm³/mol. The molecule has 6 nitrogen and oxygen atoms in total. The maximum atomic E-state index is 12.6. The van der Waals surface area contributed by atoms with Crippen LogP contribution in [0.2, 0.25) is 5.02 Å². The van der Waals surface area contributed by atoms with E-state index in [1.807, 2.05) is 18.2 Å². The molecule has 0 saturated heterocycles. The molecular formula is C25H20BrClN2O4. The van der Waals surface area contributed by atoms with E-state index in [-0.39, 0.29) is 5.57 Å². The van der Waals surface area contributed by atoms with Crippen molar-refractivity contribution in [2.75, 3.05) is 19.5 Å². The number of carbonyl (C=O) groups is 1. The van der Waals surface area contributed by atoms with Crippen LogP contribution in [0.15, 0.2) is 70.7 Å². The van der Waals surface area contributed by atoms with E-state index in [2.05, 4.69) is 21.2 Å². The molecule has 0 aliphatic heterocycles. The number of nitrogens with zero attached hydrogens (tertiary/aromatic N) is 1. The third-order valence-corrected chi connectivity index (χ3v) is 5.41. The van der Waals surface area contributed by atoms with Crippen LogP contribution in [0.1, 0.15) is 11.1 Å². The first kappa shape index (κ1) is 24.2. The van der Waals surface area contributed by atoms with Crippen molar-refractivity contribution in [3.05, 3.63) is 86.9 Å². The maximum absolute atomic E-state index is 12.6. The molecule has 0 aromatic heterocycles. The molecule has 0 unspecified atom stereocenters. The highest BCUT2D eigenvalue weighted by Crippen LogP contribution is 2.38. The van der Waals surface area contributed by atoms with Gasteiger partial charge in [0.05, 0.1) is 18.7 Å². The Bertz CT molecular complexity index is 1200. The van der Waals surface area contributed by atoms with Gasteiger partial charge >= 0.3 is 0 Å². The van der Waals surface area contributed by atoms with Gasteiger partial charge < -0.3 is 19.5 Å². The zero-order valence-corrected chi connectivity index (χ0v) is 20.2. The van der Waals surface area contributed by atoms with E-state index in [4.69, 9.17) is 25.8 Å². The summed E-state index contributed by atoms with van der Waals surface area (Å²) in [4.78, 5) is 12.6. The van der Waals surface area contributed by atoms with E-state index in [1.54, 1.807) is 55.6 Å². The quantitative estimate of drug-likeness (QED) is 0.277. The van der Waals surface area contributed by atoms with E-state index in [1.165, 1.54) is 13.2 Å². The molecular weight excluding hydrogens is 508 g/mol. The molecule has 0 saturated carbocycles. The molecule has 3 rings (SSSR count). The lowest BCUT2D eigenvalue weighted by Crippen LogP contribution is -2.13. The third kappa shape index (κ3) is 6.51. The number of methoxy groups -OCH3 is 2. The molecule has 0 spiro atoms. The van der Waals surface area contributed by atoms with E-state index in [0.29, 0.717) is 44.6 Å². The lowest BCUT2D eigenvalue weighted by atomic mass is 10.1. The van der Waals surface area contributed by atoms with Gasteiger partial charge in [-0.1, -0.05) is 23.7 Å². The Balaban J connectivity index is 1.79. The van der Waals surface area contributed by atoms with Gasteiger partial charge in [-0.05, 0) is 81.7 Å². The van der Waals surface area contributed by atoms with Crippen LogP contribution in [0.4, 0.5) is 5.69 Å². The summed E-state index contributed by atoms with van der Waals surface area (Å²) in [6.45, 7) is 0.315. The number of nitrogens with one attached hydrogen (secondary N) is 1. The molecule has 0 radical (unpaired) electrons.